The van der Waals surface area contributed by atoms with E-state index in [1.165, 1.54) is 30.6 Å². The minimum Gasteiger partial charge on any atom is -0.497 e. The minimum atomic E-state index is 0.753. The molecule has 1 unspecified atom stereocenters. The molecule has 0 amide bonds. The Kier molecular flexibility index (Phi) is 8.15. The van der Waals surface area contributed by atoms with Crippen LogP contribution >= 0.6 is 11.8 Å². The number of methoxy groups -OCH3 is 1. The van der Waals surface area contributed by atoms with Gasteiger partial charge in [0.15, 0.2) is 5.96 Å². The summed E-state index contributed by atoms with van der Waals surface area (Å²) in [6.07, 6.45) is 6.11. The fourth-order valence-corrected chi connectivity index (χ4v) is 3.89. The molecule has 1 aliphatic rings. The van der Waals surface area contributed by atoms with E-state index in [4.69, 9.17) is 4.74 Å². The first-order chi connectivity index (χ1) is 11.3. The number of guanidine groups is 1. The molecule has 128 valence electrons. The molecule has 5 heteroatoms. The van der Waals surface area contributed by atoms with E-state index in [2.05, 4.69) is 39.5 Å². The van der Waals surface area contributed by atoms with Crippen molar-refractivity contribution < 1.29 is 4.74 Å². The van der Waals surface area contributed by atoms with Crippen LogP contribution in [0.4, 0.5) is 0 Å². The lowest BCUT2D eigenvalue weighted by Gasteiger charge is -2.14. The van der Waals surface area contributed by atoms with Gasteiger partial charge in [0, 0.05) is 25.4 Å². The average molecular weight is 336 g/mol. The van der Waals surface area contributed by atoms with Crippen LogP contribution < -0.4 is 15.4 Å². The largest absolute Gasteiger partial charge is 0.497 e. The van der Waals surface area contributed by atoms with E-state index in [0.29, 0.717) is 0 Å². The molecule has 2 N–H and O–H groups in total. The molecule has 0 radical (unpaired) electrons. The van der Waals surface area contributed by atoms with Gasteiger partial charge in [-0.3, -0.25) is 4.99 Å². The van der Waals surface area contributed by atoms with Crippen molar-refractivity contribution in [1.29, 1.82) is 0 Å². The number of nitrogens with one attached hydrogen (secondary N) is 2. The molecule has 0 saturated carbocycles. The van der Waals surface area contributed by atoms with Gasteiger partial charge in [0.1, 0.15) is 5.75 Å². The number of benzene rings is 1. The third-order valence-corrected chi connectivity index (χ3v) is 5.49. The molecule has 1 aromatic carbocycles. The lowest BCUT2D eigenvalue weighted by atomic mass is 10.1. The van der Waals surface area contributed by atoms with Gasteiger partial charge in [-0.2, -0.15) is 11.8 Å². The van der Waals surface area contributed by atoms with E-state index in [9.17, 15) is 0 Å². The SMILES string of the molecule is CN=C(NCCCCc1ccc(OC)cc1)NCC1CCCS1. The Morgan fingerprint density at radius 3 is 2.74 bits per heavy atom. The van der Waals surface area contributed by atoms with E-state index in [-0.39, 0.29) is 0 Å². The smallest absolute Gasteiger partial charge is 0.191 e. The molecule has 23 heavy (non-hydrogen) atoms. The van der Waals surface area contributed by atoms with Crippen LogP contribution in [0.1, 0.15) is 31.2 Å². The fourth-order valence-electron chi connectivity index (χ4n) is 2.69. The van der Waals surface area contributed by atoms with Crippen LogP contribution in [0.15, 0.2) is 29.3 Å². The van der Waals surface area contributed by atoms with Crippen molar-refractivity contribution in [1.82, 2.24) is 10.6 Å². The summed E-state index contributed by atoms with van der Waals surface area (Å²) in [7, 11) is 3.54. The summed E-state index contributed by atoms with van der Waals surface area (Å²) in [5, 5.41) is 7.60. The second-order valence-corrected chi connectivity index (χ2v) is 7.23. The Balaban J connectivity index is 1.56. The number of ether oxygens (including phenoxy) is 1. The monoisotopic (exact) mass is 335 g/mol. The highest BCUT2D eigenvalue weighted by Crippen LogP contribution is 2.25. The third kappa shape index (κ3) is 6.73. The molecular weight excluding hydrogens is 306 g/mol. The number of aliphatic imine (C=N–C) groups is 1. The molecular formula is C18H29N3OS. The maximum absolute atomic E-state index is 5.18. The first-order valence-corrected chi connectivity index (χ1v) is 9.55. The zero-order chi connectivity index (χ0) is 16.3. The summed E-state index contributed by atoms with van der Waals surface area (Å²) in [4.78, 5) is 4.30. The van der Waals surface area contributed by atoms with Crippen LogP contribution in [0.25, 0.3) is 0 Å². The standard InChI is InChI=1S/C18H29N3OS/c1-19-18(21-14-17-7-5-13-23-17)20-12-4-3-6-15-8-10-16(22-2)11-9-15/h8-11,17H,3-7,12-14H2,1-2H3,(H2,19,20,21). The van der Waals surface area contributed by atoms with Gasteiger partial charge in [0.2, 0.25) is 0 Å². The summed E-state index contributed by atoms with van der Waals surface area (Å²) < 4.78 is 5.18. The van der Waals surface area contributed by atoms with Crippen molar-refractivity contribution in [2.24, 2.45) is 4.99 Å². The maximum atomic E-state index is 5.18. The number of unbranched alkanes of at least 4 members (excludes halogenated alkanes) is 1. The van der Waals surface area contributed by atoms with E-state index < -0.39 is 0 Å². The number of thioether (sulfide) groups is 1. The zero-order valence-electron chi connectivity index (χ0n) is 14.3. The second-order valence-electron chi connectivity index (χ2n) is 5.82. The van der Waals surface area contributed by atoms with Gasteiger partial charge < -0.3 is 15.4 Å². The molecule has 0 aromatic heterocycles. The topological polar surface area (TPSA) is 45.7 Å². The van der Waals surface area contributed by atoms with Crippen LogP contribution in [-0.4, -0.2) is 44.2 Å². The number of nitrogens with zero attached hydrogens (tertiary/aromatic N) is 1. The predicted octanol–water partition coefficient (Wildman–Crippen LogP) is 3.08. The van der Waals surface area contributed by atoms with Crippen LogP contribution in [0.2, 0.25) is 0 Å². The Morgan fingerprint density at radius 2 is 2.09 bits per heavy atom. The van der Waals surface area contributed by atoms with E-state index in [1.54, 1.807) is 7.11 Å². The highest BCUT2D eigenvalue weighted by atomic mass is 32.2. The molecule has 0 aliphatic carbocycles. The van der Waals surface area contributed by atoms with Gasteiger partial charge in [-0.05, 0) is 55.6 Å². The van der Waals surface area contributed by atoms with Gasteiger partial charge in [0.05, 0.1) is 7.11 Å². The summed E-state index contributed by atoms with van der Waals surface area (Å²) in [6, 6.07) is 8.35. The van der Waals surface area contributed by atoms with Crippen molar-refractivity contribution in [2.45, 2.75) is 37.4 Å². The van der Waals surface area contributed by atoms with Crippen molar-refractivity contribution in [3.05, 3.63) is 29.8 Å². The molecule has 1 fully saturated rings. The summed E-state index contributed by atoms with van der Waals surface area (Å²) in [5.41, 5.74) is 1.37. The molecule has 0 spiro atoms. The Hall–Kier alpha value is -1.36. The van der Waals surface area contributed by atoms with Crippen molar-refractivity contribution >= 4 is 17.7 Å². The second kappa shape index (κ2) is 10.4. The van der Waals surface area contributed by atoms with Gasteiger partial charge in [-0.1, -0.05) is 12.1 Å². The van der Waals surface area contributed by atoms with Gasteiger partial charge in [-0.15, -0.1) is 0 Å². The summed E-state index contributed by atoms with van der Waals surface area (Å²) in [5.74, 6) is 3.16. The number of rotatable bonds is 8. The highest BCUT2D eigenvalue weighted by Gasteiger charge is 2.15. The number of hydrogen-bond donors (Lipinski definition) is 2. The first kappa shape index (κ1) is 18.0. The van der Waals surface area contributed by atoms with Crippen molar-refractivity contribution in [2.75, 3.05) is 33.0 Å². The predicted molar refractivity (Wildman–Crippen MR) is 101 cm³/mol. The minimum absolute atomic E-state index is 0.753. The highest BCUT2D eigenvalue weighted by molar-refractivity contribution is 8.00. The van der Waals surface area contributed by atoms with E-state index >= 15 is 0 Å². The van der Waals surface area contributed by atoms with Crippen LogP contribution in [0, 0.1) is 0 Å². The van der Waals surface area contributed by atoms with E-state index in [0.717, 1.165) is 42.9 Å². The normalized spacial score (nSPS) is 18.0. The lowest BCUT2D eigenvalue weighted by molar-refractivity contribution is 0.414. The Bertz CT molecular complexity index is 470. The van der Waals surface area contributed by atoms with E-state index in [1.807, 2.05) is 19.2 Å². The van der Waals surface area contributed by atoms with Crippen LogP contribution in [0.3, 0.4) is 0 Å². The molecule has 1 heterocycles. The molecule has 1 aliphatic heterocycles. The lowest BCUT2D eigenvalue weighted by Crippen LogP contribution is -2.40. The summed E-state index contributed by atoms with van der Waals surface area (Å²) in [6.45, 7) is 1.99. The van der Waals surface area contributed by atoms with Crippen molar-refractivity contribution in [3.8, 4) is 5.75 Å². The molecule has 1 saturated heterocycles. The zero-order valence-corrected chi connectivity index (χ0v) is 15.1. The molecule has 2 rings (SSSR count). The molecule has 4 nitrogen and oxygen atoms in total. The van der Waals surface area contributed by atoms with Gasteiger partial charge in [0.25, 0.3) is 0 Å². The number of aryl methyl sites for hydroxylation is 1. The Morgan fingerprint density at radius 1 is 1.26 bits per heavy atom. The Labute approximate surface area is 144 Å². The summed E-state index contributed by atoms with van der Waals surface area (Å²) >= 11 is 2.07. The molecule has 0 bridgehead atoms. The van der Waals surface area contributed by atoms with Gasteiger partial charge in [-0.25, -0.2) is 0 Å². The van der Waals surface area contributed by atoms with Gasteiger partial charge >= 0.3 is 0 Å². The van der Waals surface area contributed by atoms with Crippen LogP contribution in [-0.2, 0) is 6.42 Å². The van der Waals surface area contributed by atoms with Crippen molar-refractivity contribution in [3.63, 3.8) is 0 Å². The van der Waals surface area contributed by atoms with Crippen LogP contribution in [0.5, 0.6) is 5.75 Å². The number of hydrogen-bond acceptors (Lipinski definition) is 3. The fraction of sp³-hybridized carbons (Fsp3) is 0.611. The average Bonchev–Trinajstić information content (AvgIpc) is 3.11. The molecule has 1 aromatic rings. The first-order valence-electron chi connectivity index (χ1n) is 8.51. The third-order valence-electron chi connectivity index (χ3n) is 4.09. The molecule has 1 atom stereocenters. The quantitative estimate of drug-likeness (QED) is 0.435. The maximum Gasteiger partial charge on any atom is 0.191 e.